The average Bonchev–Trinajstić information content (AvgIpc) is 2.55. The van der Waals surface area contributed by atoms with Gasteiger partial charge < -0.3 is 14.2 Å². The molecule has 0 spiro atoms. The lowest BCUT2D eigenvalue weighted by Crippen LogP contribution is -2.24. The van der Waals surface area contributed by atoms with Crippen molar-refractivity contribution >= 4 is 23.5 Å². The van der Waals surface area contributed by atoms with Gasteiger partial charge in [-0.05, 0) is 43.7 Å². The number of methoxy groups -OCH3 is 1. The SMILES string of the molecule is CCOC(=O)C(=O)c1ccc(OC)c(OC2CCCSC2)c1. The summed E-state index contributed by atoms with van der Waals surface area (Å²) in [6.07, 6.45) is 2.19. The second kappa shape index (κ2) is 8.08. The van der Waals surface area contributed by atoms with Crippen LogP contribution in [0.25, 0.3) is 0 Å². The van der Waals surface area contributed by atoms with E-state index in [4.69, 9.17) is 14.2 Å². The maximum atomic E-state index is 12.0. The van der Waals surface area contributed by atoms with Gasteiger partial charge in [0.1, 0.15) is 6.10 Å². The Bertz CT molecular complexity index is 537. The fraction of sp³-hybridized carbons (Fsp3) is 0.500. The van der Waals surface area contributed by atoms with Crippen molar-refractivity contribution in [2.75, 3.05) is 25.2 Å². The molecule has 1 atom stereocenters. The van der Waals surface area contributed by atoms with Crippen molar-refractivity contribution < 1.29 is 23.8 Å². The molecule has 0 aromatic heterocycles. The molecule has 5 nitrogen and oxygen atoms in total. The summed E-state index contributed by atoms with van der Waals surface area (Å²) >= 11 is 1.85. The monoisotopic (exact) mass is 324 g/mol. The van der Waals surface area contributed by atoms with Gasteiger partial charge in [0.05, 0.1) is 13.7 Å². The normalized spacial score (nSPS) is 17.6. The first-order chi connectivity index (χ1) is 10.7. The number of thioether (sulfide) groups is 1. The van der Waals surface area contributed by atoms with E-state index in [0.29, 0.717) is 11.5 Å². The van der Waals surface area contributed by atoms with Gasteiger partial charge in [0.15, 0.2) is 11.5 Å². The van der Waals surface area contributed by atoms with Crippen molar-refractivity contribution in [3.05, 3.63) is 23.8 Å². The van der Waals surface area contributed by atoms with Crippen LogP contribution >= 0.6 is 11.8 Å². The molecule has 1 heterocycles. The molecule has 1 aliphatic heterocycles. The maximum absolute atomic E-state index is 12.0. The standard InChI is InChI=1S/C16H20O5S/c1-3-20-16(18)15(17)11-6-7-13(19-2)14(9-11)21-12-5-4-8-22-10-12/h6-7,9,12H,3-5,8,10H2,1-2H3. The lowest BCUT2D eigenvalue weighted by atomic mass is 10.1. The molecule has 22 heavy (non-hydrogen) atoms. The Morgan fingerprint density at radius 2 is 2.14 bits per heavy atom. The average molecular weight is 324 g/mol. The number of rotatable bonds is 6. The smallest absolute Gasteiger partial charge is 0.379 e. The van der Waals surface area contributed by atoms with Crippen LogP contribution in [0.15, 0.2) is 18.2 Å². The van der Waals surface area contributed by atoms with Gasteiger partial charge >= 0.3 is 5.97 Å². The van der Waals surface area contributed by atoms with Crippen LogP contribution in [-0.2, 0) is 9.53 Å². The molecule has 120 valence electrons. The van der Waals surface area contributed by atoms with Gasteiger partial charge in [-0.15, -0.1) is 0 Å². The first kappa shape index (κ1) is 16.7. The van der Waals surface area contributed by atoms with Gasteiger partial charge in [0.25, 0.3) is 5.78 Å². The maximum Gasteiger partial charge on any atom is 0.379 e. The molecule has 0 bridgehead atoms. The summed E-state index contributed by atoms with van der Waals surface area (Å²) in [6, 6.07) is 4.73. The zero-order chi connectivity index (χ0) is 15.9. The zero-order valence-corrected chi connectivity index (χ0v) is 13.6. The second-order valence-electron chi connectivity index (χ2n) is 4.87. The molecule has 1 saturated heterocycles. The molecular weight excluding hydrogens is 304 g/mol. The van der Waals surface area contributed by atoms with Crippen LogP contribution in [0.5, 0.6) is 11.5 Å². The topological polar surface area (TPSA) is 61.8 Å². The van der Waals surface area contributed by atoms with E-state index < -0.39 is 11.8 Å². The van der Waals surface area contributed by atoms with Gasteiger partial charge in [0, 0.05) is 11.3 Å². The third kappa shape index (κ3) is 4.16. The minimum atomic E-state index is -0.855. The summed E-state index contributed by atoms with van der Waals surface area (Å²) in [4.78, 5) is 23.6. The molecular formula is C16H20O5S. The van der Waals surface area contributed by atoms with E-state index >= 15 is 0 Å². The second-order valence-corrected chi connectivity index (χ2v) is 6.02. The van der Waals surface area contributed by atoms with Gasteiger partial charge in [0.2, 0.25) is 0 Å². The third-order valence-corrected chi connectivity index (χ3v) is 4.48. The highest BCUT2D eigenvalue weighted by atomic mass is 32.2. The lowest BCUT2D eigenvalue weighted by molar-refractivity contribution is -0.137. The largest absolute Gasteiger partial charge is 0.493 e. The van der Waals surface area contributed by atoms with Crippen LogP contribution in [0.2, 0.25) is 0 Å². The molecule has 2 rings (SSSR count). The van der Waals surface area contributed by atoms with Crippen LogP contribution in [-0.4, -0.2) is 43.1 Å². The van der Waals surface area contributed by atoms with E-state index in [-0.39, 0.29) is 18.3 Å². The van der Waals surface area contributed by atoms with Gasteiger partial charge in [-0.25, -0.2) is 4.79 Å². The summed E-state index contributed by atoms with van der Waals surface area (Å²) < 4.78 is 16.0. The van der Waals surface area contributed by atoms with Crippen molar-refractivity contribution in [2.45, 2.75) is 25.9 Å². The molecule has 1 fully saturated rings. The van der Waals surface area contributed by atoms with Gasteiger partial charge in [-0.3, -0.25) is 4.79 Å². The molecule has 0 N–H and O–H groups in total. The highest BCUT2D eigenvalue weighted by molar-refractivity contribution is 7.99. The van der Waals surface area contributed by atoms with Crippen molar-refractivity contribution in [2.24, 2.45) is 0 Å². The Labute approximate surface area is 134 Å². The number of ketones is 1. The van der Waals surface area contributed by atoms with Gasteiger partial charge in [-0.1, -0.05) is 0 Å². The van der Waals surface area contributed by atoms with Gasteiger partial charge in [-0.2, -0.15) is 11.8 Å². The van der Waals surface area contributed by atoms with E-state index in [0.717, 1.165) is 24.3 Å². The van der Waals surface area contributed by atoms with E-state index in [1.807, 2.05) is 11.8 Å². The summed E-state index contributed by atoms with van der Waals surface area (Å²) in [5.41, 5.74) is 0.248. The minimum absolute atomic E-state index is 0.0978. The van der Waals surface area contributed by atoms with Crippen LogP contribution in [0.3, 0.4) is 0 Å². The molecule has 1 aliphatic rings. The van der Waals surface area contributed by atoms with E-state index in [9.17, 15) is 9.59 Å². The molecule has 0 amide bonds. The van der Waals surface area contributed by atoms with Crippen molar-refractivity contribution in [3.8, 4) is 11.5 Å². The van der Waals surface area contributed by atoms with Crippen molar-refractivity contribution in [1.29, 1.82) is 0 Å². The Morgan fingerprint density at radius 1 is 1.32 bits per heavy atom. The Balaban J connectivity index is 2.18. The fourth-order valence-corrected chi connectivity index (χ4v) is 3.24. The van der Waals surface area contributed by atoms with E-state index in [1.165, 1.54) is 0 Å². The Morgan fingerprint density at radius 3 is 2.77 bits per heavy atom. The van der Waals surface area contributed by atoms with Crippen molar-refractivity contribution in [3.63, 3.8) is 0 Å². The number of hydrogen-bond acceptors (Lipinski definition) is 6. The van der Waals surface area contributed by atoms with Crippen LogP contribution < -0.4 is 9.47 Å². The molecule has 6 heteroatoms. The van der Waals surface area contributed by atoms with Crippen LogP contribution in [0, 0.1) is 0 Å². The highest BCUT2D eigenvalue weighted by Gasteiger charge is 2.22. The number of carbonyl (C=O) groups excluding carboxylic acids is 2. The quantitative estimate of drug-likeness (QED) is 0.455. The lowest BCUT2D eigenvalue weighted by Gasteiger charge is -2.23. The fourth-order valence-electron chi connectivity index (χ4n) is 2.21. The summed E-state index contributed by atoms with van der Waals surface area (Å²) in [6.45, 7) is 1.83. The molecule has 1 aromatic carbocycles. The molecule has 0 saturated carbocycles. The molecule has 0 radical (unpaired) electrons. The third-order valence-electron chi connectivity index (χ3n) is 3.30. The Kier molecular flexibility index (Phi) is 6.12. The predicted octanol–water partition coefficient (Wildman–Crippen LogP) is 2.72. The summed E-state index contributed by atoms with van der Waals surface area (Å²) in [5, 5.41) is 0. The number of ether oxygens (including phenoxy) is 3. The summed E-state index contributed by atoms with van der Waals surface area (Å²) in [5.74, 6) is 1.58. The number of benzene rings is 1. The minimum Gasteiger partial charge on any atom is -0.493 e. The first-order valence-electron chi connectivity index (χ1n) is 7.29. The van der Waals surface area contributed by atoms with Crippen LogP contribution in [0.4, 0.5) is 0 Å². The number of carbonyl (C=O) groups is 2. The first-order valence-corrected chi connectivity index (χ1v) is 8.45. The molecule has 1 unspecified atom stereocenters. The Hall–Kier alpha value is -1.69. The summed E-state index contributed by atoms with van der Waals surface area (Å²) in [7, 11) is 1.55. The number of hydrogen-bond donors (Lipinski definition) is 0. The van der Waals surface area contributed by atoms with E-state index in [1.54, 1.807) is 32.2 Å². The highest BCUT2D eigenvalue weighted by Crippen LogP contribution is 2.31. The molecule has 0 aliphatic carbocycles. The number of Topliss-reactive ketones (excluding diaryl/α,β-unsaturated/α-hetero) is 1. The van der Waals surface area contributed by atoms with E-state index in [2.05, 4.69) is 0 Å². The predicted molar refractivity (Wildman–Crippen MR) is 84.9 cm³/mol. The molecule has 1 aromatic rings. The van der Waals surface area contributed by atoms with Crippen LogP contribution in [0.1, 0.15) is 30.1 Å². The van der Waals surface area contributed by atoms with Crippen molar-refractivity contribution in [1.82, 2.24) is 0 Å². The number of esters is 1. The zero-order valence-electron chi connectivity index (χ0n) is 12.8.